The Morgan fingerprint density at radius 3 is 2.42 bits per heavy atom. The molecule has 0 aromatic heterocycles. The SMILES string of the molecule is CCCCCN(C)CC1(CNCC)CCC(C)CC1. The topological polar surface area (TPSA) is 15.3 Å². The van der Waals surface area contributed by atoms with Crippen molar-refractivity contribution in [3.63, 3.8) is 0 Å². The summed E-state index contributed by atoms with van der Waals surface area (Å²) in [6.07, 6.45) is 9.75. The molecular weight excluding hydrogens is 232 g/mol. The Morgan fingerprint density at radius 1 is 1.16 bits per heavy atom. The molecule has 114 valence electrons. The quantitative estimate of drug-likeness (QED) is 0.638. The lowest BCUT2D eigenvalue weighted by molar-refractivity contribution is 0.0986. The van der Waals surface area contributed by atoms with Gasteiger partial charge in [-0.25, -0.2) is 0 Å². The number of nitrogens with zero attached hydrogens (tertiary/aromatic N) is 1. The van der Waals surface area contributed by atoms with Gasteiger partial charge in [0.05, 0.1) is 0 Å². The monoisotopic (exact) mass is 268 g/mol. The summed E-state index contributed by atoms with van der Waals surface area (Å²) in [7, 11) is 2.32. The average Bonchev–Trinajstić information content (AvgIpc) is 2.40. The molecule has 0 radical (unpaired) electrons. The zero-order valence-corrected chi connectivity index (χ0v) is 13.8. The molecule has 0 unspecified atom stereocenters. The Morgan fingerprint density at radius 2 is 1.84 bits per heavy atom. The number of hydrogen-bond acceptors (Lipinski definition) is 2. The molecule has 0 spiro atoms. The van der Waals surface area contributed by atoms with Crippen molar-refractivity contribution in [2.45, 2.75) is 65.7 Å². The summed E-state index contributed by atoms with van der Waals surface area (Å²) in [5.74, 6) is 0.945. The van der Waals surface area contributed by atoms with Crippen molar-refractivity contribution in [3.05, 3.63) is 0 Å². The molecule has 2 heteroatoms. The third-order valence-electron chi connectivity index (χ3n) is 4.83. The lowest BCUT2D eigenvalue weighted by Crippen LogP contribution is -2.45. The molecule has 0 aromatic carbocycles. The van der Waals surface area contributed by atoms with E-state index in [9.17, 15) is 0 Å². The fraction of sp³-hybridized carbons (Fsp3) is 1.00. The lowest BCUT2D eigenvalue weighted by atomic mass is 9.70. The summed E-state index contributed by atoms with van der Waals surface area (Å²) in [5, 5.41) is 3.62. The third kappa shape index (κ3) is 6.27. The van der Waals surface area contributed by atoms with Crippen molar-refractivity contribution in [1.29, 1.82) is 0 Å². The first-order chi connectivity index (χ1) is 9.12. The van der Waals surface area contributed by atoms with Gasteiger partial charge in [0.1, 0.15) is 0 Å². The van der Waals surface area contributed by atoms with Crippen LogP contribution >= 0.6 is 0 Å². The van der Waals surface area contributed by atoms with Crippen LogP contribution in [0.15, 0.2) is 0 Å². The minimum Gasteiger partial charge on any atom is -0.316 e. The largest absolute Gasteiger partial charge is 0.316 e. The molecule has 2 nitrogen and oxygen atoms in total. The van der Waals surface area contributed by atoms with Crippen molar-refractivity contribution in [2.24, 2.45) is 11.3 Å². The smallest absolute Gasteiger partial charge is 0.00471 e. The average molecular weight is 268 g/mol. The van der Waals surface area contributed by atoms with Gasteiger partial charge in [-0.2, -0.15) is 0 Å². The van der Waals surface area contributed by atoms with Gasteiger partial charge in [-0.3, -0.25) is 0 Å². The molecule has 0 heterocycles. The zero-order valence-electron chi connectivity index (χ0n) is 13.8. The number of unbranched alkanes of at least 4 members (excludes halogenated alkanes) is 2. The van der Waals surface area contributed by atoms with Crippen molar-refractivity contribution >= 4 is 0 Å². The van der Waals surface area contributed by atoms with Gasteiger partial charge >= 0.3 is 0 Å². The highest BCUT2D eigenvalue weighted by atomic mass is 15.1. The van der Waals surface area contributed by atoms with Gasteiger partial charge in [0.15, 0.2) is 0 Å². The van der Waals surface area contributed by atoms with Crippen molar-refractivity contribution < 1.29 is 0 Å². The van der Waals surface area contributed by atoms with Crippen LogP contribution in [0.1, 0.15) is 65.7 Å². The van der Waals surface area contributed by atoms with E-state index in [2.05, 4.69) is 38.0 Å². The fourth-order valence-electron chi connectivity index (χ4n) is 3.44. The summed E-state index contributed by atoms with van der Waals surface area (Å²) in [4.78, 5) is 2.59. The second-order valence-electron chi connectivity index (χ2n) is 6.91. The maximum absolute atomic E-state index is 3.62. The van der Waals surface area contributed by atoms with Crippen molar-refractivity contribution in [2.75, 3.05) is 33.2 Å². The maximum atomic E-state index is 3.62. The van der Waals surface area contributed by atoms with E-state index < -0.39 is 0 Å². The highest BCUT2D eigenvalue weighted by Crippen LogP contribution is 2.39. The van der Waals surface area contributed by atoms with Gasteiger partial charge in [0.25, 0.3) is 0 Å². The number of hydrogen-bond donors (Lipinski definition) is 1. The molecule has 1 saturated carbocycles. The van der Waals surface area contributed by atoms with Crippen molar-refractivity contribution in [1.82, 2.24) is 10.2 Å². The summed E-state index contributed by atoms with van der Waals surface area (Å²) < 4.78 is 0. The van der Waals surface area contributed by atoms with Crippen LogP contribution in [0.4, 0.5) is 0 Å². The molecule has 0 aromatic rings. The van der Waals surface area contributed by atoms with Gasteiger partial charge in [-0.1, -0.05) is 46.5 Å². The van der Waals surface area contributed by atoms with E-state index in [0.29, 0.717) is 5.41 Å². The van der Waals surface area contributed by atoms with Crippen LogP contribution < -0.4 is 5.32 Å². The molecule has 0 atom stereocenters. The minimum absolute atomic E-state index is 0.545. The third-order valence-corrected chi connectivity index (χ3v) is 4.83. The van der Waals surface area contributed by atoms with Gasteiger partial charge in [0, 0.05) is 13.1 Å². The first kappa shape index (κ1) is 17.0. The molecule has 0 saturated heterocycles. The van der Waals surface area contributed by atoms with E-state index in [1.165, 1.54) is 64.6 Å². The number of nitrogens with one attached hydrogen (secondary N) is 1. The first-order valence-corrected chi connectivity index (χ1v) is 8.51. The van der Waals surface area contributed by atoms with E-state index in [-0.39, 0.29) is 0 Å². The van der Waals surface area contributed by atoms with Crippen LogP contribution in [-0.2, 0) is 0 Å². The molecule has 0 bridgehead atoms. The molecule has 1 fully saturated rings. The van der Waals surface area contributed by atoms with Crippen LogP contribution in [0, 0.1) is 11.3 Å². The van der Waals surface area contributed by atoms with E-state index in [4.69, 9.17) is 0 Å². The standard InChI is InChI=1S/C17H36N2/c1-5-7-8-13-19(4)15-17(14-18-6-2)11-9-16(3)10-12-17/h16,18H,5-15H2,1-4H3. The molecular formula is C17H36N2. The minimum atomic E-state index is 0.545. The van der Waals surface area contributed by atoms with Gasteiger partial charge in [0.2, 0.25) is 0 Å². The van der Waals surface area contributed by atoms with E-state index in [1.807, 2.05) is 0 Å². The molecule has 1 N–H and O–H groups in total. The Balaban J connectivity index is 2.44. The molecule has 0 aliphatic heterocycles. The summed E-state index contributed by atoms with van der Waals surface area (Å²) >= 11 is 0. The van der Waals surface area contributed by atoms with Gasteiger partial charge < -0.3 is 10.2 Å². The predicted octanol–water partition coefficient (Wildman–Crippen LogP) is 3.91. The van der Waals surface area contributed by atoms with Crippen molar-refractivity contribution in [3.8, 4) is 0 Å². The second-order valence-corrected chi connectivity index (χ2v) is 6.91. The van der Waals surface area contributed by atoms with Crippen LogP contribution in [-0.4, -0.2) is 38.1 Å². The lowest BCUT2D eigenvalue weighted by Gasteiger charge is -2.42. The van der Waals surface area contributed by atoms with Gasteiger partial charge in [-0.05, 0) is 50.7 Å². The Hall–Kier alpha value is -0.0800. The molecule has 1 aliphatic carbocycles. The van der Waals surface area contributed by atoms with Crippen LogP contribution in [0.25, 0.3) is 0 Å². The Bertz CT molecular complexity index is 214. The summed E-state index contributed by atoms with van der Waals surface area (Å²) in [6.45, 7) is 11.8. The van der Waals surface area contributed by atoms with Gasteiger partial charge in [-0.15, -0.1) is 0 Å². The Labute approximate surface area is 121 Å². The van der Waals surface area contributed by atoms with E-state index in [1.54, 1.807) is 0 Å². The highest BCUT2D eigenvalue weighted by molar-refractivity contribution is 4.88. The molecule has 0 amide bonds. The van der Waals surface area contributed by atoms with E-state index >= 15 is 0 Å². The van der Waals surface area contributed by atoms with E-state index in [0.717, 1.165) is 12.5 Å². The summed E-state index contributed by atoms with van der Waals surface area (Å²) in [5.41, 5.74) is 0.545. The van der Waals surface area contributed by atoms with Crippen LogP contribution in [0.2, 0.25) is 0 Å². The first-order valence-electron chi connectivity index (χ1n) is 8.51. The highest BCUT2D eigenvalue weighted by Gasteiger charge is 2.34. The zero-order chi connectivity index (χ0) is 14.1. The predicted molar refractivity (Wildman–Crippen MR) is 85.6 cm³/mol. The number of rotatable bonds is 9. The fourth-order valence-corrected chi connectivity index (χ4v) is 3.44. The molecule has 1 rings (SSSR count). The maximum Gasteiger partial charge on any atom is 0.00471 e. The van der Waals surface area contributed by atoms with Crippen LogP contribution in [0.5, 0.6) is 0 Å². The normalized spacial score (nSPS) is 27.9. The molecule has 1 aliphatic rings. The summed E-state index contributed by atoms with van der Waals surface area (Å²) in [6, 6.07) is 0. The second kappa shape index (κ2) is 8.97. The van der Waals surface area contributed by atoms with Crippen LogP contribution in [0.3, 0.4) is 0 Å². The molecule has 19 heavy (non-hydrogen) atoms. The Kier molecular flexibility index (Phi) is 8.01.